The number of nitrogens with zero attached hydrogens (tertiary/aromatic N) is 2. The van der Waals surface area contributed by atoms with Gasteiger partial charge in [0, 0.05) is 31.4 Å². The van der Waals surface area contributed by atoms with Crippen LogP contribution in [-0.2, 0) is 6.54 Å². The summed E-state index contributed by atoms with van der Waals surface area (Å²) in [7, 11) is 0. The van der Waals surface area contributed by atoms with Gasteiger partial charge >= 0.3 is 0 Å². The van der Waals surface area contributed by atoms with E-state index in [2.05, 4.69) is 48.1 Å². The van der Waals surface area contributed by atoms with Crippen molar-refractivity contribution in [3.8, 4) is 0 Å². The average Bonchev–Trinajstić information content (AvgIpc) is 3.25. The second-order valence-electron chi connectivity index (χ2n) is 6.17. The molecule has 1 aliphatic rings. The molecule has 1 aliphatic carbocycles. The number of pyridine rings is 1. The van der Waals surface area contributed by atoms with Crippen LogP contribution >= 0.6 is 0 Å². The Kier molecular flexibility index (Phi) is 5.84. The summed E-state index contributed by atoms with van der Waals surface area (Å²) >= 11 is 0. The zero-order valence-electron chi connectivity index (χ0n) is 13.2. The Bertz CT molecular complexity index is 399. The number of hydrogen-bond donors (Lipinski definition) is 1. The molecule has 2 rings (SSSR count). The molecule has 3 nitrogen and oxygen atoms in total. The molecule has 0 bridgehead atoms. The van der Waals surface area contributed by atoms with Gasteiger partial charge in [-0.1, -0.05) is 19.8 Å². The fraction of sp³-hybridized carbons (Fsp3) is 0.706. The largest absolute Gasteiger partial charge is 0.354 e. The van der Waals surface area contributed by atoms with Crippen LogP contribution in [0.4, 0.5) is 5.82 Å². The fourth-order valence-electron chi connectivity index (χ4n) is 2.45. The van der Waals surface area contributed by atoms with Crippen LogP contribution in [0.3, 0.4) is 0 Å². The van der Waals surface area contributed by atoms with Crippen LogP contribution < -0.4 is 10.2 Å². The van der Waals surface area contributed by atoms with E-state index in [1.165, 1.54) is 37.7 Å². The molecule has 20 heavy (non-hydrogen) atoms. The van der Waals surface area contributed by atoms with Gasteiger partial charge in [0.1, 0.15) is 5.82 Å². The third-order valence-corrected chi connectivity index (χ3v) is 3.90. The third kappa shape index (κ3) is 4.78. The summed E-state index contributed by atoms with van der Waals surface area (Å²) in [6.45, 7) is 8.84. The molecule has 112 valence electrons. The van der Waals surface area contributed by atoms with Crippen molar-refractivity contribution in [2.45, 2.75) is 71.5 Å². The summed E-state index contributed by atoms with van der Waals surface area (Å²) < 4.78 is 0. The molecule has 0 spiro atoms. The Labute approximate surface area is 123 Å². The Hall–Kier alpha value is -1.09. The first-order chi connectivity index (χ1) is 9.70. The van der Waals surface area contributed by atoms with Crippen molar-refractivity contribution in [3.63, 3.8) is 0 Å². The molecule has 0 aromatic carbocycles. The summed E-state index contributed by atoms with van der Waals surface area (Å²) in [5.74, 6) is 1.13. The van der Waals surface area contributed by atoms with Gasteiger partial charge in [0.2, 0.25) is 0 Å². The molecule has 1 aromatic heterocycles. The van der Waals surface area contributed by atoms with Gasteiger partial charge in [-0.2, -0.15) is 0 Å². The average molecular weight is 275 g/mol. The zero-order valence-corrected chi connectivity index (χ0v) is 13.2. The molecule has 1 N–H and O–H groups in total. The van der Waals surface area contributed by atoms with E-state index in [0.29, 0.717) is 6.04 Å². The molecule has 0 saturated heterocycles. The lowest BCUT2D eigenvalue weighted by molar-refractivity contribution is 0.618. The lowest BCUT2D eigenvalue weighted by Crippen LogP contribution is -2.32. The van der Waals surface area contributed by atoms with Crippen LogP contribution in [0.15, 0.2) is 18.3 Å². The third-order valence-electron chi connectivity index (χ3n) is 3.90. The monoisotopic (exact) mass is 275 g/mol. The quantitative estimate of drug-likeness (QED) is 0.696. The maximum Gasteiger partial charge on any atom is 0.129 e. The minimum atomic E-state index is 0.506. The van der Waals surface area contributed by atoms with Gasteiger partial charge in [-0.05, 0) is 50.8 Å². The summed E-state index contributed by atoms with van der Waals surface area (Å²) in [5, 5.41) is 3.57. The van der Waals surface area contributed by atoms with Crippen molar-refractivity contribution in [2.75, 3.05) is 11.4 Å². The molecule has 3 heteroatoms. The van der Waals surface area contributed by atoms with E-state index in [9.17, 15) is 0 Å². The number of rotatable bonds is 9. The summed E-state index contributed by atoms with van der Waals surface area (Å²) in [4.78, 5) is 7.01. The van der Waals surface area contributed by atoms with Gasteiger partial charge in [-0.15, -0.1) is 0 Å². The standard InChI is InChI=1S/C17H29N3/c1-4-5-6-11-20(14(2)3)17-12-15(9-10-18-17)13-19-16-7-8-16/h9-10,12,14,16,19H,4-8,11,13H2,1-3H3. The topological polar surface area (TPSA) is 28.2 Å². The number of nitrogens with one attached hydrogen (secondary N) is 1. The highest BCUT2D eigenvalue weighted by Crippen LogP contribution is 2.21. The van der Waals surface area contributed by atoms with E-state index in [4.69, 9.17) is 0 Å². The molecular formula is C17H29N3. The van der Waals surface area contributed by atoms with Gasteiger partial charge in [-0.25, -0.2) is 4.98 Å². The van der Waals surface area contributed by atoms with Crippen LogP contribution in [-0.4, -0.2) is 23.6 Å². The van der Waals surface area contributed by atoms with Crippen molar-refractivity contribution in [3.05, 3.63) is 23.9 Å². The molecule has 0 amide bonds. The smallest absolute Gasteiger partial charge is 0.129 e. The molecule has 1 heterocycles. The van der Waals surface area contributed by atoms with Crippen LogP contribution in [0.1, 0.15) is 58.4 Å². The first-order valence-corrected chi connectivity index (χ1v) is 8.15. The lowest BCUT2D eigenvalue weighted by atomic mass is 10.2. The van der Waals surface area contributed by atoms with Crippen molar-refractivity contribution in [1.29, 1.82) is 0 Å². The van der Waals surface area contributed by atoms with Crippen LogP contribution in [0.2, 0.25) is 0 Å². The molecule has 1 aromatic rings. The first-order valence-electron chi connectivity index (χ1n) is 8.15. The minimum absolute atomic E-state index is 0.506. The number of hydrogen-bond acceptors (Lipinski definition) is 3. The predicted molar refractivity (Wildman–Crippen MR) is 86.1 cm³/mol. The van der Waals surface area contributed by atoms with Crippen molar-refractivity contribution in [2.24, 2.45) is 0 Å². The number of aromatic nitrogens is 1. The Morgan fingerprint density at radius 1 is 1.35 bits per heavy atom. The van der Waals surface area contributed by atoms with Crippen molar-refractivity contribution < 1.29 is 0 Å². The summed E-state index contributed by atoms with van der Waals surface area (Å²) in [5.41, 5.74) is 1.35. The van der Waals surface area contributed by atoms with Crippen molar-refractivity contribution in [1.82, 2.24) is 10.3 Å². The van der Waals surface area contributed by atoms with Gasteiger partial charge in [0.15, 0.2) is 0 Å². The van der Waals surface area contributed by atoms with Crippen LogP contribution in [0.5, 0.6) is 0 Å². The Balaban J connectivity index is 1.96. The fourth-order valence-corrected chi connectivity index (χ4v) is 2.45. The maximum atomic E-state index is 4.58. The van der Waals surface area contributed by atoms with Crippen molar-refractivity contribution >= 4 is 5.82 Å². The normalized spacial score (nSPS) is 14.8. The van der Waals surface area contributed by atoms with E-state index in [-0.39, 0.29) is 0 Å². The van der Waals surface area contributed by atoms with Gasteiger partial charge < -0.3 is 10.2 Å². The molecule has 0 aliphatic heterocycles. The predicted octanol–water partition coefficient (Wildman–Crippen LogP) is 3.74. The van der Waals surface area contributed by atoms with E-state index in [0.717, 1.165) is 24.9 Å². The molecule has 1 saturated carbocycles. The Morgan fingerprint density at radius 3 is 2.80 bits per heavy atom. The highest BCUT2D eigenvalue weighted by atomic mass is 15.2. The maximum absolute atomic E-state index is 4.58. The number of unbranched alkanes of at least 4 members (excludes halogenated alkanes) is 2. The first kappa shape index (κ1) is 15.3. The minimum Gasteiger partial charge on any atom is -0.354 e. The summed E-state index contributed by atoms with van der Waals surface area (Å²) in [6.07, 6.45) is 8.45. The molecule has 1 fully saturated rings. The van der Waals surface area contributed by atoms with E-state index < -0.39 is 0 Å². The van der Waals surface area contributed by atoms with Gasteiger partial charge in [0.05, 0.1) is 0 Å². The molecule has 0 unspecified atom stereocenters. The Morgan fingerprint density at radius 2 is 2.15 bits per heavy atom. The van der Waals surface area contributed by atoms with E-state index in [1.807, 2.05) is 6.20 Å². The lowest BCUT2D eigenvalue weighted by Gasteiger charge is -2.28. The second-order valence-corrected chi connectivity index (χ2v) is 6.17. The van der Waals surface area contributed by atoms with Gasteiger partial charge in [-0.3, -0.25) is 0 Å². The highest BCUT2D eigenvalue weighted by molar-refractivity contribution is 5.41. The zero-order chi connectivity index (χ0) is 14.4. The molecule has 0 atom stereocenters. The summed E-state index contributed by atoms with van der Waals surface area (Å²) in [6, 6.07) is 5.65. The van der Waals surface area contributed by atoms with Crippen LogP contribution in [0, 0.1) is 0 Å². The van der Waals surface area contributed by atoms with E-state index in [1.54, 1.807) is 0 Å². The highest BCUT2D eigenvalue weighted by Gasteiger charge is 2.20. The van der Waals surface area contributed by atoms with E-state index >= 15 is 0 Å². The van der Waals surface area contributed by atoms with Gasteiger partial charge in [0.25, 0.3) is 0 Å². The second kappa shape index (κ2) is 7.63. The molecular weight excluding hydrogens is 246 g/mol. The molecule has 0 radical (unpaired) electrons. The number of anilines is 1. The SMILES string of the molecule is CCCCCN(c1cc(CNC2CC2)ccn1)C(C)C. The van der Waals surface area contributed by atoms with Crippen LogP contribution in [0.25, 0.3) is 0 Å².